The molecule has 2 rings (SSSR count). The van der Waals surface area contributed by atoms with Gasteiger partial charge in [-0.1, -0.05) is 0 Å². The lowest BCUT2D eigenvalue weighted by atomic mass is 10.1. The average Bonchev–Trinajstić information content (AvgIpc) is 2.51. The van der Waals surface area contributed by atoms with Gasteiger partial charge in [-0.3, -0.25) is 0 Å². The van der Waals surface area contributed by atoms with Crippen LogP contribution in [-0.4, -0.2) is 30.7 Å². The molecule has 0 saturated heterocycles. The molecular formula is C12H15F2N2O+. The topological polar surface area (TPSA) is 40.5 Å². The summed E-state index contributed by atoms with van der Waals surface area (Å²) in [5.41, 5.74) is 0.711. The summed E-state index contributed by atoms with van der Waals surface area (Å²) in [5, 5.41) is 10.1. The van der Waals surface area contributed by atoms with E-state index in [0.717, 1.165) is 12.6 Å². The standard InChI is InChI=1S/C12H14F2N2O/c1-16(2)4-3-8-11-9(15-12(8)14)5-7(13)6-10(11)17/h5-6,15,17H,3-4H2,1-2H3/p+1. The second kappa shape index (κ2) is 4.33. The molecule has 0 fully saturated rings. The van der Waals surface area contributed by atoms with Gasteiger partial charge in [0, 0.05) is 23.4 Å². The van der Waals surface area contributed by atoms with Gasteiger partial charge in [0.05, 0.1) is 26.2 Å². The van der Waals surface area contributed by atoms with Crippen LogP contribution in [0.1, 0.15) is 5.56 Å². The molecule has 92 valence electrons. The Morgan fingerprint density at radius 3 is 2.65 bits per heavy atom. The Hall–Kier alpha value is -1.62. The summed E-state index contributed by atoms with van der Waals surface area (Å²) in [6, 6.07) is 2.19. The lowest BCUT2D eigenvalue weighted by Gasteiger charge is -2.06. The van der Waals surface area contributed by atoms with Crippen molar-refractivity contribution >= 4 is 10.9 Å². The number of benzene rings is 1. The number of H-pyrrole nitrogens is 1. The maximum atomic E-state index is 13.7. The molecule has 0 amide bonds. The molecule has 17 heavy (non-hydrogen) atoms. The van der Waals surface area contributed by atoms with E-state index < -0.39 is 11.8 Å². The molecule has 0 aliphatic rings. The number of fused-ring (bicyclic) bond motifs is 1. The van der Waals surface area contributed by atoms with Crippen LogP contribution in [0.5, 0.6) is 5.75 Å². The minimum Gasteiger partial charge on any atom is -0.507 e. The van der Waals surface area contributed by atoms with E-state index in [2.05, 4.69) is 4.98 Å². The zero-order valence-corrected chi connectivity index (χ0v) is 9.77. The average molecular weight is 241 g/mol. The van der Waals surface area contributed by atoms with Gasteiger partial charge in [-0.25, -0.2) is 4.39 Å². The van der Waals surface area contributed by atoms with Crippen molar-refractivity contribution in [3.05, 3.63) is 29.5 Å². The Morgan fingerprint density at radius 1 is 1.29 bits per heavy atom. The number of nitrogens with one attached hydrogen (secondary N) is 2. The van der Waals surface area contributed by atoms with Gasteiger partial charge in [0.15, 0.2) is 5.95 Å². The van der Waals surface area contributed by atoms with Gasteiger partial charge >= 0.3 is 0 Å². The smallest absolute Gasteiger partial charge is 0.195 e. The summed E-state index contributed by atoms with van der Waals surface area (Å²) in [4.78, 5) is 3.64. The molecule has 0 atom stereocenters. The quantitative estimate of drug-likeness (QED) is 0.732. The summed E-state index contributed by atoms with van der Waals surface area (Å²) in [5.74, 6) is -1.30. The zero-order valence-electron chi connectivity index (χ0n) is 9.77. The molecule has 0 aliphatic heterocycles. The zero-order chi connectivity index (χ0) is 12.6. The first-order valence-electron chi connectivity index (χ1n) is 5.46. The third-order valence-corrected chi connectivity index (χ3v) is 2.77. The fraction of sp³-hybridized carbons (Fsp3) is 0.333. The highest BCUT2D eigenvalue weighted by molar-refractivity contribution is 5.89. The van der Waals surface area contributed by atoms with Gasteiger partial charge in [-0.2, -0.15) is 4.39 Å². The second-order valence-electron chi connectivity index (χ2n) is 4.47. The number of aromatic amines is 1. The van der Waals surface area contributed by atoms with Gasteiger partial charge in [0.25, 0.3) is 0 Å². The van der Waals surface area contributed by atoms with Crippen LogP contribution in [0.4, 0.5) is 8.78 Å². The number of phenols is 1. The number of halogens is 2. The third kappa shape index (κ3) is 2.24. The number of phenolic OH excluding ortho intramolecular Hbond substituents is 1. The van der Waals surface area contributed by atoms with Crippen molar-refractivity contribution in [3.63, 3.8) is 0 Å². The summed E-state index contributed by atoms with van der Waals surface area (Å²) in [6.45, 7) is 0.737. The summed E-state index contributed by atoms with van der Waals surface area (Å²) < 4.78 is 26.7. The van der Waals surface area contributed by atoms with E-state index in [4.69, 9.17) is 0 Å². The van der Waals surface area contributed by atoms with Crippen LogP contribution in [-0.2, 0) is 6.42 Å². The minimum absolute atomic E-state index is 0.219. The lowest BCUT2D eigenvalue weighted by molar-refractivity contribution is -0.858. The van der Waals surface area contributed by atoms with Crippen molar-refractivity contribution in [2.24, 2.45) is 0 Å². The first-order valence-corrected chi connectivity index (χ1v) is 5.46. The number of rotatable bonds is 3. The van der Waals surface area contributed by atoms with Gasteiger partial charge in [-0.15, -0.1) is 0 Å². The number of aromatic hydroxyl groups is 1. The first kappa shape index (κ1) is 11.9. The molecule has 3 N–H and O–H groups in total. The van der Waals surface area contributed by atoms with Crippen LogP contribution in [0.15, 0.2) is 12.1 Å². The van der Waals surface area contributed by atoms with E-state index in [0.29, 0.717) is 22.9 Å². The Balaban J connectivity index is 2.51. The van der Waals surface area contributed by atoms with Gasteiger partial charge in [-0.05, 0) is 6.07 Å². The van der Waals surface area contributed by atoms with E-state index in [-0.39, 0.29) is 5.75 Å². The second-order valence-corrected chi connectivity index (χ2v) is 4.47. The molecule has 5 heteroatoms. The molecule has 0 aliphatic carbocycles. The molecule has 0 saturated carbocycles. The predicted octanol–water partition coefficient (Wildman–Crippen LogP) is 0.839. The highest BCUT2D eigenvalue weighted by Gasteiger charge is 2.16. The molecule has 2 aromatic rings. The number of aromatic nitrogens is 1. The van der Waals surface area contributed by atoms with E-state index >= 15 is 0 Å². The normalized spacial score (nSPS) is 11.6. The Morgan fingerprint density at radius 2 is 2.00 bits per heavy atom. The minimum atomic E-state index is -0.582. The van der Waals surface area contributed by atoms with Crippen molar-refractivity contribution in [1.82, 2.24) is 4.98 Å². The first-order chi connectivity index (χ1) is 7.99. The largest absolute Gasteiger partial charge is 0.507 e. The Kier molecular flexibility index (Phi) is 3.02. The van der Waals surface area contributed by atoms with Crippen LogP contribution in [0.3, 0.4) is 0 Å². The van der Waals surface area contributed by atoms with Crippen LogP contribution >= 0.6 is 0 Å². The summed E-state index contributed by atoms with van der Waals surface area (Å²) in [7, 11) is 3.93. The maximum Gasteiger partial charge on any atom is 0.195 e. The van der Waals surface area contributed by atoms with E-state index in [1.54, 1.807) is 0 Å². The van der Waals surface area contributed by atoms with Crippen LogP contribution < -0.4 is 4.90 Å². The number of likely N-dealkylation sites (N-methyl/N-ethyl adjacent to an activating group) is 1. The molecule has 1 heterocycles. The summed E-state index contributed by atoms with van der Waals surface area (Å²) in [6.07, 6.45) is 0.493. The van der Waals surface area contributed by atoms with E-state index in [9.17, 15) is 13.9 Å². The molecule has 0 spiro atoms. The van der Waals surface area contributed by atoms with Crippen LogP contribution in [0.25, 0.3) is 10.9 Å². The monoisotopic (exact) mass is 241 g/mol. The van der Waals surface area contributed by atoms with Crippen molar-refractivity contribution in [3.8, 4) is 5.75 Å². The van der Waals surface area contributed by atoms with E-state index in [1.165, 1.54) is 11.0 Å². The molecular weight excluding hydrogens is 226 g/mol. The maximum absolute atomic E-state index is 13.7. The van der Waals surface area contributed by atoms with Gasteiger partial charge in [0.1, 0.15) is 11.6 Å². The van der Waals surface area contributed by atoms with Crippen molar-refractivity contribution in [2.45, 2.75) is 6.42 Å². The lowest BCUT2D eigenvalue weighted by Crippen LogP contribution is -3.06. The van der Waals surface area contributed by atoms with Crippen LogP contribution in [0, 0.1) is 11.8 Å². The highest BCUT2D eigenvalue weighted by atomic mass is 19.1. The SMILES string of the molecule is C[NH+](C)CCc1c(F)[nH]c2cc(F)cc(O)c12. The van der Waals surface area contributed by atoms with Gasteiger partial charge < -0.3 is 15.0 Å². The number of quaternary nitrogens is 1. The molecule has 0 radical (unpaired) electrons. The number of hydrogen-bond donors (Lipinski definition) is 3. The summed E-state index contributed by atoms with van der Waals surface area (Å²) >= 11 is 0. The predicted molar refractivity (Wildman–Crippen MR) is 61.3 cm³/mol. The van der Waals surface area contributed by atoms with Crippen molar-refractivity contribution in [1.29, 1.82) is 0 Å². The molecule has 1 aromatic heterocycles. The molecule has 0 unspecified atom stereocenters. The fourth-order valence-corrected chi connectivity index (χ4v) is 1.92. The third-order valence-electron chi connectivity index (χ3n) is 2.77. The molecule has 0 bridgehead atoms. The van der Waals surface area contributed by atoms with Crippen LogP contribution in [0.2, 0.25) is 0 Å². The van der Waals surface area contributed by atoms with Crippen molar-refractivity contribution < 1.29 is 18.8 Å². The fourth-order valence-electron chi connectivity index (χ4n) is 1.92. The Labute approximate surface area is 97.7 Å². The van der Waals surface area contributed by atoms with Crippen molar-refractivity contribution in [2.75, 3.05) is 20.6 Å². The Bertz CT molecular complexity index is 549. The highest BCUT2D eigenvalue weighted by Crippen LogP contribution is 2.30. The van der Waals surface area contributed by atoms with Gasteiger partial charge in [0.2, 0.25) is 0 Å². The molecule has 3 nitrogen and oxygen atoms in total. The number of hydrogen-bond acceptors (Lipinski definition) is 1. The van der Waals surface area contributed by atoms with E-state index in [1.807, 2.05) is 14.1 Å². The molecule has 1 aromatic carbocycles.